The van der Waals surface area contributed by atoms with Crippen molar-refractivity contribution in [2.24, 2.45) is 0 Å². The molecular weight excluding hydrogens is 344 g/mol. The zero-order valence-electron chi connectivity index (χ0n) is 16.1. The van der Waals surface area contributed by atoms with Crippen LogP contribution in [-0.2, 0) is 0 Å². The van der Waals surface area contributed by atoms with Gasteiger partial charge in [-0.2, -0.15) is 0 Å². The highest BCUT2D eigenvalue weighted by molar-refractivity contribution is 5.95. The Hall–Kier alpha value is -2.57. The number of hydrogen-bond donors (Lipinski definition) is 3. The van der Waals surface area contributed by atoms with Crippen LogP contribution in [0.1, 0.15) is 53.0 Å². The second-order valence-corrected chi connectivity index (χ2v) is 6.61. The molecule has 144 valence electrons. The topological polar surface area (TPSA) is 79.8 Å². The number of rotatable bonds is 6. The van der Waals surface area contributed by atoms with Crippen LogP contribution >= 0.6 is 0 Å². The lowest BCUT2D eigenvalue weighted by atomic mass is 9.86. The van der Waals surface area contributed by atoms with Crippen molar-refractivity contribution in [3.63, 3.8) is 0 Å². The van der Waals surface area contributed by atoms with Gasteiger partial charge in [0.05, 0.1) is 7.11 Å². The van der Waals surface area contributed by atoms with Gasteiger partial charge in [0.15, 0.2) is 0 Å². The molecular formula is C21H26N2O4. The van der Waals surface area contributed by atoms with E-state index in [1.165, 1.54) is 0 Å². The normalized spacial score (nSPS) is 19.1. The van der Waals surface area contributed by atoms with Crippen molar-refractivity contribution in [1.82, 2.24) is 10.6 Å². The molecule has 0 radical (unpaired) electrons. The molecule has 3 N–H and O–H groups in total. The average molecular weight is 370 g/mol. The molecule has 1 aliphatic heterocycles. The fourth-order valence-corrected chi connectivity index (χ4v) is 3.59. The summed E-state index contributed by atoms with van der Waals surface area (Å²) in [5.74, 6) is 1.16. The van der Waals surface area contributed by atoms with Gasteiger partial charge >= 0.3 is 0 Å². The third-order valence-corrected chi connectivity index (χ3v) is 4.88. The van der Waals surface area contributed by atoms with Crippen LogP contribution in [0.3, 0.4) is 0 Å². The average Bonchev–Trinajstić information content (AvgIpc) is 3.02. The molecule has 6 nitrogen and oxygen atoms in total. The van der Waals surface area contributed by atoms with Crippen LogP contribution in [-0.4, -0.2) is 37.8 Å². The van der Waals surface area contributed by atoms with Crippen molar-refractivity contribution in [2.75, 3.05) is 20.7 Å². The number of ether oxygens (including phenoxy) is 2. The van der Waals surface area contributed by atoms with Gasteiger partial charge in [-0.05, 0) is 50.7 Å². The maximum absolute atomic E-state index is 12.5. The van der Waals surface area contributed by atoms with E-state index < -0.39 is 6.23 Å². The summed E-state index contributed by atoms with van der Waals surface area (Å²) in [6.07, 6.45) is -1.07. The minimum absolute atomic E-state index is 0.0627. The lowest BCUT2D eigenvalue weighted by Gasteiger charge is -2.17. The Bertz CT molecular complexity index is 837. The number of carbonyl (C=O) groups is 1. The standard InChI is InChI=1S/C21H26N2O4/c1-5-23-20(24)14-10-16-18(13-7-6-8-15(9-13)26-4)12(2)27-19(16)17(11-14)21(25)22-3/h6-12,18,21-22,25H,5H2,1-4H3,(H,23,24)/t12-,18+,21?/m1/s1. The van der Waals surface area contributed by atoms with Gasteiger partial charge in [0.2, 0.25) is 0 Å². The van der Waals surface area contributed by atoms with Crippen LogP contribution in [0.5, 0.6) is 11.5 Å². The molecule has 0 bridgehead atoms. The summed E-state index contributed by atoms with van der Waals surface area (Å²) in [4.78, 5) is 12.5. The summed E-state index contributed by atoms with van der Waals surface area (Å²) in [5.41, 5.74) is 3.00. The Kier molecular flexibility index (Phi) is 5.68. The smallest absolute Gasteiger partial charge is 0.251 e. The highest BCUT2D eigenvalue weighted by Gasteiger charge is 2.36. The predicted octanol–water partition coefficient (Wildman–Crippen LogP) is 2.57. The zero-order valence-corrected chi connectivity index (χ0v) is 16.1. The Morgan fingerprint density at radius 2 is 2.11 bits per heavy atom. The molecule has 1 amide bonds. The molecule has 1 heterocycles. The number of amides is 1. The number of hydrogen-bond acceptors (Lipinski definition) is 5. The second-order valence-electron chi connectivity index (χ2n) is 6.61. The number of aliphatic hydroxyl groups excluding tert-OH is 1. The number of carbonyl (C=O) groups excluding carboxylic acids is 1. The van der Waals surface area contributed by atoms with Crippen molar-refractivity contribution in [2.45, 2.75) is 32.1 Å². The van der Waals surface area contributed by atoms with Gasteiger partial charge in [-0.1, -0.05) is 12.1 Å². The van der Waals surface area contributed by atoms with Gasteiger partial charge in [0.1, 0.15) is 23.8 Å². The molecule has 0 fully saturated rings. The minimum Gasteiger partial charge on any atom is -0.497 e. The first-order valence-electron chi connectivity index (χ1n) is 9.12. The molecule has 0 spiro atoms. The summed E-state index contributed by atoms with van der Waals surface area (Å²) in [6, 6.07) is 11.4. The third-order valence-electron chi connectivity index (χ3n) is 4.88. The van der Waals surface area contributed by atoms with Crippen molar-refractivity contribution in [3.05, 3.63) is 58.7 Å². The third kappa shape index (κ3) is 3.63. The summed E-state index contributed by atoms with van der Waals surface area (Å²) in [5, 5.41) is 16.1. The van der Waals surface area contributed by atoms with E-state index in [9.17, 15) is 9.90 Å². The molecule has 0 saturated heterocycles. The highest BCUT2D eigenvalue weighted by atomic mass is 16.5. The fraction of sp³-hybridized carbons (Fsp3) is 0.381. The quantitative estimate of drug-likeness (QED) is 0.681. The maximum Gasteiger partial charge on any atom is 0.251 e. The first-order chi connectivity index (χ1) is 13.0. The molecule has 0 aliphatic carbocycles. The van der Waals surface area contributed by atoms with E-state index in [4.69, 9.17) is 9.47 Å². The number of methoxy groups -OCH3 is 1. The Labute approximate surface area is 159 Å². The SMILES string of the molecule is CCNC(=O)c1cc(C(O)NC)c2c(c1)[C@H](c1cccc(OC)c1)[C@@H](C)O2. The molecule has 0 aromatic heterocycles. The molecule has 1 aliphatic rings. The van der Waals surface area contributed by atoms with Crippen LogP contribution in [0, 0.1) is 0 Å². The van der Waals surface area contributed by atoms with Crippen LogP contribution < -0.4 is 20.1 Å². The van der Waals surface area contributed by atoms with E-state index in [-0.39, 0.29) is 17.9 Å². The fourth-order valence-electron chi connectivity index (χ4n) is 3.59. The van der Waals surface area contributed by atoms with E-state index in [1.807, 2.05) is 44.2 Å². The first kappa shape index (κ1) is 19.2. The minimum atomic E-state index is -0.926. The monoisotopic (exact) mass is 370 g/mol. The molecule has 6 heteroatoms. The van der Waals surface area contributed by atoms with Crippen molar-refractivity contribution in [3.8, 4) is 11.5 Å². The van der Waals surface area contributed by atoms with Gasteiger partial charge in [-0.15, -0.1) is 0 Å². The Morgan fingerprint density at radius 3 is 2.78 bits per heavy atom. The molecule has 0 saturated carbocycles. The Balaban J connectivity index is 2.15. The first-order valence-corrected chi connectivity index (χ1v) is 9.12. The molecule has 1 unspecified atom stereocenters. The zero-order chi connectivity index (χ0) is 19.6. The molecule has 2 aromatic rings. The van der Waals surface area contributed by atoms with Crippen LogP contribution in [0.25, 0.3) is 0 Å². The predicted molar refractivity (Wildman–Crippen MR) is 103 cm³/mol. The molecule has 27 heavy (non-hydrogen) atoms. The van der Waals surface area contributed by atoms with Crippen molar-refractivity contribution in [1.29, 1.82) is 0 Å². The highest BCUT2D eigenvalue weighted by Crippen LogP contribution is 2.46. The van der Waals surface area contributed by atoms with Gasteiger partial charge in [0, 0.05) is 29.2 Å². The van der Waals surface area contributed by atoms with E-state index in [0.717, 1.165) is 16.9 Å². The molecule has 3 rings (SSSR count). The number of nitrogens with one attached hydrogen (secondary N) is 2. The molecule has 3 atom stereocenters. The van der Waals surface area contributed by atoms with Crippen LogP contribution in [0.2, 0.25) is 0 Å². The van der Waals surface area contributed by atoms with Crippen LogP contribution in [0.15, 0.2) is 36.4 Å². The number of aliphatic hydroxyl groups is 1. The summed E-state index contributed by atoms with van der Waals surface area (Å²) in [6.45, 7) is 4.40. The van der Waals surface area contributed by atoms with E-state index in [0.29, 0.717) is 23.4 Å². The lowest BCUT2D eigenvalue weighted by Crippen LogP contribution is -2.24. The van der Waals surface area contributed by atoms with Gasteiger partial charge in [-0.25, -0.2) is 0 Å². The van der Waals surface area contributed by atoms with E-state index >= 15 is 0 Å². The summed E-state index contributed by atoms with van der Waals surface area (Å²) < 4.78 is 11.5. The van der Waals surface area contributed by atoms with Crippen LogP contribution in [0.4, 0.5) is 0 Å². The van der Waals surface area contributed by atoms with Gasteiger partial charge in [-0.3, -0.25) is 10.1 Å². The van der Waals surface area contributed by atoms with Crippen molar-refractivity contribution < 1.29 is 19.4 Å². The van der Waals surface area contributed by atoms with Crippen molar-refractivity contribution >= 4 is 5.91 Å². The van der Waals surface area contributed by atoms with Gasteiger partial charge in [0.25, 0.3) is 5.91 Å². The molecule has 2 aromatic carbocycles. The summed E-state index contributed by atoms with van der Waals surface area (Å²) in [7, 11) is 3.30. The summed E-state index contributed by atoms with van der Waals surface area (Å²) >= 11 is 0. The maximum atomic E-state index is 12.5. The number of fused-ring (bicyclic) bond motifs is 1. The Morgan fingerprint density at radius 1 is 1.33 bits per heavy atom. The van der Waals surface area contributed by atoms with Gasteiger partial charge < -0.3 is 19.9 Å². The second kappa shape index (κ2) is 7.98. The largest absolute Gasteiger partial charge is 0.497 e. The van der Waals surface area contributed by atoms with E-state index in [1.54, 1.807) is 20.2 Å². The lowest BCUT2D eigenvalue weighted by molar-refractivity contribution is 0.0955. The number of benzene rings is 2. The van der Waals surface area contributed by atoms with E-state index in [2.05, 4.69) is 10.6 Å².